The van der Waals surface area contributed by atoms with Gasteiger partial charge in [-0.05, 0) is 37.6 Å². The summed E-state index contributed by atoms with van der Waals surface area (Å²) >= 11 is 0. The van der Waals surface area contributed by atoms with Crippen LogP contribution < -0.4 is 0 Å². The average Bonchev–Trinajstić information content (AvgIpc) is 3.43. The van der Waals surface area contributed by atoms with E-state index in [9.17, 15) is 9.90 Å². The van der Waals surface area contributed by atoms with Gasteiger partial charge in [0.15, 0.2) is 5.76 Å². The van der Waals surface area contributed by atoms with Crippen molar-refractivity contribution < 1.29 is 19.1 Å². The first-order chi connectivity index (χ1) is 14.2. The predicted molar refractivity (Wildman–Crippen MR) is 110 cm³/mol. The molecule has 2 aliphatic rings. The lowest BCUT2D eigenvalue weighted by molar-refractivity contribution is -0.0817. The number of morpholine rings is 1. The van der Waals surface area contributed by atoms with Crippen LogP contribution in [0.15, 0.2) is 40.8 Å². The van der Waals surface area contributed by atoms with Crippen LogP contribution in [0.4, 0.5) is 0 Å². The molecule has 0 unspecified atom stereocenters. The van der Waals surface area contributed by atoms with Crippen molar-refractivity contribution in [2.45, 2.75) is 44.9 Å². The molecule has 2 atom stereocenters. The van der Waals surface area contributed by atoms with E-state index in [0.717, 1.165) is 42.9 Å². The molecule has 1 amide bonds. The second-order valence-electron chi connectivity index (χ2n) is 7.84. The van der Waals surface area contributed by atoms with Gasteiger partial charge < -0.3 is 19.2 Å². The minimum atomic E-state index is -0.445. The van der Waals surface area contributed by atoms with Gasteiger partial charge in [0.2, 0.25) is 0 Å². The highest BCUT2D eigenvalue weighted by Crippen LogP contribution is 2.32. The molecule has 156 valence electrons. The summed E-state index contributed by atoms with van der Waals surface area (Å²) in [7, 11) is 0. The van der Waals surface area contributed by atoms with Crippen LogP contribution >= 0.6 is 0 Å². The number of carbonyl (C=O) groups excluding carboxylic acids is 1. The summed E-state index contributed by atoms with van der Waals surface area (Å²) in [4.78, 5) is 17.7. The SMILES string of the molecule is CCc1oc(C(=O)N2CCO[C@H](CO)[C@H]2c2ccccc2)cc1CN1CCCC1. The molecule has 1 aromatic carbocycles. The molecule has 2 saturated heterocycles. The minimum Gasteiger partial charge on any atom is -0.456 e. The van der Waals surface area contributed by atoms with Gasteiger partial charge in [0.1, 0.15) is 11.9 Å². The summed E-state index contributed by atoms with van der Waals surface area (Å²) in [5.41, 5.74) is 2.07. The number of aliphatic hydroxyl groups is 1. The zero-order valence-electron chi connectivity index (χ0n) is 17.0. The fraction of sp³-hybridized carbons (Fsp3) is 0.522. The minimum absolute atomic E-state index is 0.136. The largest absolute Gasteiger partial charge is 0.456 e. The monoisotopic (exact) mass is 398 g/mol. The molecule has 0 aliphatic carbocycles. The van der Waals surface area contributed by atoms with Gasteiger partial charge in [-0.15, -0.1) is 0 Å². The second kappa shape index (κ2) is 9.11. The Morgan fingerprint density at radius 2 is 1.93 bits per heavy atom. The molecule has 2 aromatic rings. The predicted octanol–water partition coefficient (Wildman–Crippen LogP) is 3.01. The number of hydrogen-bond donors (Lipinski definition) is 1. The Bertz CT molecular complexity index is 814. The maximum atomic E-state index is 13.4. The quantitative estimate of drug-likeness (QED) is 0.810. The van der Waals surface area contributed by atoms with Gasteiger partial charge in [-0.3, -0.25) is 9.69 Å². The van der Waals surface area contributed by atoms with E-state index in [0.29, 0.717) is 18.9 Å². The van der Waals surface area contributed by atoms with E-state index >= 15 is 0 Å². The lowest BCUT2D eigenvalue weighted by atomic mass is 9.98. The van der Waals surface area contributed by atoms with Crippen LogP contribution in [-0.4, -0.2) is 59.8 Å². The van der Waals surface area contributed by atoms with Crippen molar-refractivity contribution in [1.29, 1.82) is 0 Å². The maximum Gasteiger partial charge on any atom is 0.290 e. The molecule has 4 rings (SSSR count). The van der Waals surface area contributed by atoms with Crippen LogP contribution in [0.2, 0.25) is 0 Å². The molecule has 29 heavy (non-hydrogen) atoms. The molecule has 3 heterocycles. The molecule has 2 aliphatic heterocycles. The molecular weight excluding hydrogens is 368 g/mol. The lowest BCUT2D eigenvalue weighted by Gasteiger charge is -2.40. The molecule has 1 aromatic heterocycles. The number of benzene rings is 1. The van der Waals surface area contributed by atoms with Crippen molar-refractivity contribution in [2.75, 3.05) is 32.8 Å². The van der Waals surface area contributed by atoms with Gasteiger partial charge in [-0.25, -0.2) is 0 Å². The van der Waals surface area contributed by atoms with Crippen LogP contribution in [0.3, 0.4) is 0 Å². The summed E-state index contributed by atoms with van der Waals surface area (Å²) in [5, 5.41) is 9.85. The van der Waals surface area contributed by atoms with Gasteiger partial charge in [0, 0.05) is 25.1 Å². The van der Waals surface area contributed by atoms with E-state index < -0.39 is 6.10 Å². The van der Waals surface area contributed by atoms with Crippen molar-refractivity contribution in [3.05, 3.63) is 59.0 Å². The van der Waals surface area contributed by atoms with E-state index in [1.807, 2.05) is 36.4 Å². The first kappa shape index (κ1) is 20.1. The highest BCUT2D eigenvalue weighted by atomic mass is 16.5. The molecule has 6 nitrogen and oxygen atoms in total. The van der Waals surface area contributed by atoms with Crippen LogP contribution in [0.25, 0.3) is 0 Å². The summed E-state index contributed by atoms with van der Waals surface area (Å²) in [6, 6.07) is 11.4. The van der Waals surface area contributed by atoms with Crippen molar-refractivity contribution in [1.82, 2.24) is 9.80 Å². The summed E-state index contributed by atoms with van der Waals surface area (Å²) < 4.78 is 11.8. The fourth-order valence-electron chi connectivity index (χ4n) is 4.49. The van der Waals surface area contributed by atoms with E-state index in [1.165, 1.54) is 12.8 Å². The molecule has 6 heteroatoms. The number of furan rings is 1. The number of ether oxygens (including phenoxy) is 1. The lowest BCUT2D eigenvalue weighted by Crippen LogP contribution is -2.49. The van der Waals surface area contributed by atoms with Gasteiger partial charge in [-0.2, -0.15) is 0 Å². The third-order valence-electron chi connectivity index (χ3n) is 5.96. The number of amides is 1. The van der Waals surface area contributed by atoms with Gasteiger partial charge in [0.05, 0.1) is 19.3 Å². The standard InChI is InChI=1S/C23H30N2O4/c1-2-19-18(15-24-10-6-7-11-24)14-20(29-19)23(27)25-12-13-28-21(16-26)22(25)17-8-4-3-5-9-17/h3-5,8-9,14,21-22,26H,2,6-7,10-13,15-16H2,1H3/t21-,22-/m1/s1. The Morgan fingerprint density at radius 1 is 1.17 bits per heavy atom. The summed E-state index contributed by atoms with van der Waals surface area (Å²) in [6.07, 6.45) is 2.79. The third kappa shape index (κ3) is 4.25. The Morgan fingerprint density at radius 3 is 2.62 bits per heavy atom. The van der Waals surface area contributed by atoms with Gasteiger partial charge in [0.25, 0.3) is 5.91 Å². The zero-order chi connectivity index (χ0) is 20.2. The Kier molecular flexibility index (Phi) is 6.33. The molecular formula is C23H30N2O4. The Hall–Kier alpha value is -2.15. The highest BCUT2D eigenvalue weighted by Gasteiger charge is 2.37. The normalized spacial score (nSPS) is 22.9. The van der Waals surface area contributed by atoms with E-state index in [4.69, 9.17) is 9.15 Å². The molecule has 0 radical (unpaired) electrons. The van der Waals surface area contributed by atoms with Gasteiger partial charge in [-0.1, -0.05) is 37.3 Å². The van der Waals surface area contributed by atoms with Crippen LogP contribution in [0, 0.1) is 0 Å². The highest BCUT2D eigenvalue weighted by molar-refractivity contribution is 5.92. The molecule has 1 N–H and O–H groups in total. The zero-order valence-corrected chi connectivity index (χ0v) is 17.0. The Balaban J connectivity index is 1.60. The second-order valence-corrected chi connectivity index (χ2v) is 7.84. The van der Waals surface area contributed by atoms with Crippen LogP contribution in [-0.2, 0) is 17.7 Å². The van der Waals surface area contributed by atoms with E-state index in [-0.39, 0.29) is 18.6 Å². The third-order valence-corrected chi connectivity index (χ3v) is 5.96. The average molecular weight is 399 g/mol. The van der Waals surface area contributed by atoms with Crippen LogP contribution in [0.5, 0.6) is 0 Å². The number of carbonyl (C=O) groups is 1. The Labute approximate surface area is 172 Å². The molecule has 0 saturated carbocycles. The fourth-order valence-corrected chi connectivity index (χ4v) is 4.49. The van der Waals surface area contributed by atoms with Crippen molar-refractivity contribution in [2.24, 2.45) is 0 Å². The number of aryl methyl sites for hydroxylation is 1. The summed E-state index contributed by atoms with van der Waals surface area (Å²) in [5.74, 6) is 1.14. The number of rotatable bonds is 6. The van der Waals surface area contributed by atoms with Crippen molar-refractivity contribution >= 4 is 5.91 Å². The maximum absolute atomic E-state index is 13.4. The number of likely N-dealkylation sites (tertiary alicyclic amines) is 1. The van der Waals surface area contributed by atoms with E-state index in [1.54, 1.807) is 4.90 Å². The van der Waals surface area contributed by atoms with Crippen molar-refractivity contribution in [3.8, 4) is 0 Å². The first-order valence-electron chi connectivity index (χ1n) is 10.6. The molecule has 0 spiro atoms. The number of aliphatic hydroxyl groups excluding tert-OH is 1. The van der Waals surface area contributed by atoms with E-state index in [2.05, 4.69) is 11.8 Å². The smallest absolute Gasteiger partial charge is 0.290 e. The summed E-state index contributed by atoms with van der Waals surface area (Å²) in [6.45, 7) is 5.85. The molecule has 0 bridgehead atoms. The van der Waals surface area contributed by atoms with Crippen molar-refractivity contribution in [3.63, 3.8) is 0 Å². The number of hydrogen-bond acceptors (Lipinski definition) is 5. The molecule has 2 fully saturated rings. The van der Waals surface area contributed by atoms with Gasteiger partial charge >= 0.3 is 0 Å². The number of nitrogens with zero attached hydrogens (tertiary/aromatic N) is 2. The first-order valence-corrected chi connectivity index (χ1v) is 10.6. The van der Waals surface area contributed by atoms with Crippen LogP contribution in [0.1, 0.15) is 53.2 Å². The topological polar surface area (TPSA) is 66.2 Å².